The van der Waals surface area contributed by atoms with Crippen LogP contribution in [-0.2, 0) is 19.2 Å². The third-order valence-corrected chi connectivity index (χ3v) is 5.92. The molecule has 0 aromatic heterocycles. The minimum Gasteiger partial charge on any atom is -0.481 e. The van der Waals surface area contributed by atoms with Crippen molar-refractivity contribution in [1.29, 1.82) is 0 Å². The molecule has 37 heavy (non-hydrogen) atoms. The standard InChI is InChI=1S/C25H50N6O6/c1-2-3-4-5-6-7-9-19(26)16-28-14-13-21(27)25(37)30-17-23(34)29-15-12-20(18-32)31-22(33)10-8-11-24(35)36/h19-21,28,32H,2-18,26-27H2,1H3,(H,29,34)(H,30,37)(H,31,33)(H,35,36)/t19-,20+,21?/m0/s1. The first-order valence-electron chi connectivity index (χ1n) is 13.6. The van der Waals surface area contributed by atoms with Gasteiger partial charge < -0.3 is 42.9 Å². The second-order valence-electron chi connectivity index (χ2n) is 9.47. The highest BCUT2D eigenvalue weighted by atomic mass is 16.4. The zero-order valence-electron chi connectivity index (χ0n) is 22.4. The summed E-state index contributed by atoms with van der Waals surface area (Å²) in [4.78, 5) is 46.3. The van der Waals surface area contributed by atoms with Gasteiger partial charge in [0.15, 0.2) is 0 Å². The smallest absolute Gasteiger partial charge is 0.303 e. The van der Waals surface area contributed by atoms with E-state index in [1.165, 1.54) is 32.1 Å². The molecule has 0 radical (unpaired) electrons. The van der Waals surface area contributed by atoms with Gasteiger partial charge in [-0.15, -0.1) is 0 Å². The maximum Gasteiger partial charge on any atom is 0.303 e. The number of carbonyl (C=O) groups excluding carboxylic acids is 3. The Balaban J connectivity index is 3.89. The number of aliphatic hydroxyl groups excluding tert-OH is 1. The zero-order valence-corrected chi connectivity index (χ0v) is 22.4. The summed E-state index contributed by atoms with van der Waals surface area (Å²) >= 11 is 0. The first-order valence-corrected chi connectivity index (χ1v) is 13.6. The van der Waals surface area contributed by atoms with Crippen molar-refractivity contribution in [2.75, 3.05) is 32.8 Å². The molecule has 0 aromatic carbocycles. The van der Waals surface area contributed by atoms with Crippen LogP contribution >= 0.6 is 0 Å². The van der Waals surface area contributed by atoms with Gasteiger partial charge in [0, 0.05) is 32.0 Å². The number of carboxylic acid groups (broad SMARTS) is 1. The molecule has 0 aliphatic heterocycles. The highest BCUT2D eigenvalue weighted by Crippen LogP contribution is 2.07. The first-order chi connectivity index (χ1) is 17.7. The van der Waals surface area contributed by atoms with Crippen LogP contribution in [0.1, 0.15) is 84.0 Å². The van der Waals surface area contributed by atoms with E-state index in [0.717, 1.165) is 12.8 Å². The molecule has 0 aliphatic rings. The number of hydrogen-bond donors (Lipinski definition) is 8. The topological polar surface area (TPSA) is 209 Å². The van der Waals surface area contributed by atoms with Crippen molar-refractivity contribution in [3.8, 4) is 0 Å². The molecule has 12 nitrogen and oxygen atoms in total. The number of carbonyl (C=O) groups is 4. The zero-order chi connectivity index (χ0) is 27.9. The first kappa shape index (κ1) is 34.7. The summed E-state index contributed by atoms with van der Waals surface area (Å²) in [6.07, 6.45) is 9.23. The quantitative estimate of drug-likeness (QED) is 0.0771. The Morgan fingerprint density at radius 3 is 2.19 bits per heavy atom. The number of aliphatic carboxylic acids is 1. The van der Waals surface area contributed by atoms with Gasteiger partial charge in [-0.2, -0.15) is 0 Å². The molecule has 0 fully saturated rings. The van der Waals surface area contributed by atoms with Crippen LogP contribution < -0.4 is 32.7 Å². The van der Waals surface area contributed by atoms with E-state index in [0.29, 0.717) is 19.5 Å². The molecule has 0 heterocycles. The third kappa shape index (κ3) is 21.5. The van der Waals surface area contributed by atoms with E-state index in [2.05, 4.69) is 28.2 Å². The molecule has 3 amide bonds. The summed E-state index contributed by atoms with van der Waals surface area (Å²) in [6, 6.07) is -1.23. The van der Waals surface area contributed by atoms with Crippen molar-refractivity contribution < 1.29 is 29.4 Å². The molecule has 0 bridgehead atoms. The summed E-state index contributed by atoms with van der Waals surface area (Å²) in [5.41, 5.74) is 12.0. The Bertz CT molecular complexity index is 651. The molecule has 12 heteroatoms. The number of nitrogens with one attached hydrogen (secondary N) is 4. The molecule has 3 atom stereocenters. The van der Waals surface area contributed by atoms with Gasteiger partial charge in [-0.1, -0.05) is 45.4 Å². The summed E-state index contributed by atoms with van der Waals surface area (Å²) in [6.45, 7) is 3.07. The minimum atomic E-state index is -0.974. The number of rotatable bonds is 24. The molecule has 0 rings (SSSR count). The summed E-state index contributed by atoms with van der Waals surface area (Å²) in [5.74, 6) is -2.17. The average Bonchev–Trinajstić information content (AvgIpc) is 2.86. The van der Waals surface area contributed by atoms with Crippen molar-refractivity contribution in [3.05, 3.63) is 0 Å². The number of amides is 3. The third-order valence-electron chi connectivity index (χ3n) is 5.92. The molecular weight excluding hydrogens is 480 g/mol. The lowest BCUT2D eigenvalue weighted by atomic mass is 10.1. The van der Waals surface area contributed by atoms with E-state index < -0.39 is 29.9 Å². The van der Waals surface area contributed by atoms with Gasteiger partial charge >= 0.3 is 5.97 Å². The highest BCUT2D eigenvalue weighted by molar-refractivity contribution is 5.87. The fourth-order valence-electron chi connectivity index (χ4n) is 3.62. The van der Waals surface area contributed by atoms with Gasteiger partial charge in [0.05, 0.1) is 25.2 Å². The van der Waals surface area contributed by atoms with Gasteiger partial charge in [0.2, 0.25) is 17.7 Å². The van der Waals surface area contributed by atoms with Crippen LogP contribution in [0.15, 0.2) is 0 Å². The molecule has 0 saturated carbocycles. The van der Waals surface area contributed by atoms with Crippen LogP contribution in [0.2, 0.25) is 0 Å². The normalized spacial score (nSPS) is 13.4. The van der Waals surface area contributed by atoms with E-state index in [-0.39, 0.29) is 57.3 Å². The second-order valence-corrected chi connectivity index (χ2v) is 9.47. The maximum absolute atomic E-state index is 12.1. The monoisotopic (exact) mass is 530 g/mol. The number of carboxylic acids is 1. The molecule has 1 unspecified atom stereocenters. The van der Waals surface area contributed by atoms with Crippen molar-refractivity contribution >= 4 is 23.7 Å². The van der Waals surface area contributed by atoms with Crippen LogP contribution in [0.4, 0.5) is 0 Å². The number of aliphatic hydroxyl groups is 1. The van der Waals surface area contributed by atoms with Crippen molar-refractivity contribution in [2.24, 2.45) is 11.5 Å². The van der Waals surface area contributed by atoms with Gasteiger partial charge in [-0.05, 0) is 32.2 Å². The van der Waals surface area contributed by atoms with Gasteiger partial charge in [-0.25, -0.2) is 0 Å². The van der Waals surface area contributed by atoms with Crippen molar-refractivity contribution in [1.82, 2.24) is 21.3 Å². The fraction of sp³-hybridized carbons (Fsp3) is 0.840. The van der Waals surface area contributed by atoms with Gasteiger partial charge in [0.25, 0.3) is 0 Å². The predicted molar refractivity (Wildman–Crippen MR) is 143 cm³/mol. The van der Waals surface area contributed by atoms with Crippen LogP contribution in [-0.4, -0.2) is 84.8 Å². The van der Waals surface area contributed by atoms with Crippen molar-refractivity contribution in [3.63, 3.8) is 0 Å². The molecule has 10 N–H and O–H groups in total. The fourth-order valence-corrected chi connectivity index (χ4v) is 3.62. The maximum atomic E-state index is 12.1. The summed E-state index contributed by atoms with van der Waals surface area (Å²) in [7, 11) is 0. The van der Waals surface area contributed by atoms with Crippen molar-refractivity contribution in [2.45, 2.75) is 102 Å². The number of hydrogen-bond acceptors (Lipinski definition) is 8. The second kappa shape index (κ2) is 22.9. The summed E-state index contributed by atoms with van der Waals surface area (Å²) in [5, 5.41) is 28.9. The van der Waals surface area contributed by atoms with E-state index in [1.807, 2.05) is 0 Å². The predicted octanol–water partition coefficient (Wildman–Crippen LogP) is -0.274. The highest BCUT2D eigenvalue weighted by Gasteiger charge is 2.15. The number of unbranched alkanes of at least 4 members (excludes halogenated alkanes) is 5. The molecule has 0 spiro atoms. The Morgan fingerprint density at radius 1 is 0.811 bits per heavy atom. The Hall–Kier alpha value is -2.28. The average molecular weight is 531 g/mol. The molecule has 0 saturated heterocycles. The van der Waals surface area contributed by atoms with Crippen LogP contribution in [0, 0.1) is 0 Å². The van der Waals surface area contributed by atoms with Crippen LogP contribution in [0.3, 0.4) is 0 Å². The SMILES string of the molecule is CCCCCCCC[C@H](N)CNCCC(N)C(=O)NCC(=O)NCC[C@H](CO)NC(=O)CCCC(=O)O. The lowest BCUT2D eigenvalue weighted by molar-refractivity contribution is -0.137. The molecule has 216 valence electrons. The summed E-state index contributed by atoms with van der Waals surface area (Å²) < 4.78 is 0. The Morgan fingerprint density at radius 2 is 1.51 bits per heavy atom. The Kier molecular flexibility index (Phi) is 21.5. The molecule has 0 aromatic rings. The van der Waals surface area contributed by atoms with Gasteiger partial charge in [0.1, 0.15) is 0 Å². The molecular formula is C25H50N6O6. The van der Waals surface area contributed by atoms with E-state index in [4.69, 9.17) is 16.6 Å². The minimum absolute atomic E-state index is 0.0446. The lowest BCUT2D eigenvalue weighted by Gasteiger charge is -2.17. The van der Waals surface area contributed by atoms with Crippen LogP contribution in [0.5, 0.6) is 0 Å². The largest absolute Gasteiger partial charge is 0.481 e. The molecule has 0 aliphatic carbocycles. The van der Waals surface area contributed by atoms with E-state index >= 15 is 0 Å². The van der Waals surface area contributed by atoms with E-state index in [9.17, 15) is 24.3 Å². The van der Waals surface area contributed by atoms with Crippen LogP contribution in [0.25, 0.3) is 0 Å². The lowest BCUT2D eigenvalue weighted by Crippen LogP contribution is -2.47. The van der Waals surface area contributed by atoms with E-state index in [1.54, 1.807) is 0 Å². The number of nitrogens with two attached hydrogens (primary N) is 2. The Labute approximate surface area is 221 Å². The van der Waals surface area contributed by atoms with Gasteiger partial charge in [-0.3, -0.25) is 19.2 Å².